The molecule has 0 amide bonds. The first-order valence-corrected chi connectivity index (χ1v) is 5.75. The maximum atomic E-state index is 5.98. The summed E-state index contributed by atoms with van der Waals surface area (Å²) in [4.78, 5) is 0. The maximum absolute atomic E-state index is 5.98. The standard InChI is InChI=1S/C13H22N2O/c1-5-11-6-8(2)12(7-13(11)15)9(3)16-10(4)14/h6-8,10,12H,3,5,14-15H2,1-2,4H3. The summed E-state index contributed by atoms with van der Waals surface area (Å²) >= 11 is 0. The van der Waals surface area contributed by atoms with Crippen LogP contribution in [0.2, 0.25) is 0 Å². The van der Waals surface area contributed by atoms with E-state index >= 15 is 0 Å². The minimum absolute atomic E-state index is 0.126. The van der Waals surface area contributed by atoms with E-state index in [9.17, 15) is 0 Å². The lowest BCUT2D eigenvalue weighted by Gasteiger charge is -2.27. The van der Waals surface area contributed by atoms with Gasteiger partial charge in [-0.05, 0) is 30.9 Å². The predicted octanol–water partition coefficient (Wildman–Crippen LogP) is 2.27. The molecular weight excluding hydrogens is 200 g/mol. The third-order valence-electron chi connectivity index (χ3n) is 2.85. The van der Waals surface area contributed by atoms with Crippen LogP contribution in [0.4, 0.5) is 0 Å². The van der Waals surface area contributed by atoms with Crippen molar-refractivity contribution in [2.45, 2.75) is 33.4 Å². The SMILES string of the molecule is C=C(OC(C)N)C1C=C(N)C(CC)=CC1C. The number of allylic oxidation sites excluding steroid dienone is 3. The van der Waals surface area contributed by atoms with Gasteiger partial charge in [-0.25, -0.2) is 0 Å². The summed E-state index contributed by atoms with van der Waals surface area (Å²) in [6.45, 7) is 9.96. The van der Waals surface area contributed by atoms with Crippen LogP contribution in [0.1, 0.15) is 27.2 Å². The molecule has 0 fully saturated rings. The summed E-state index contributed by atoms with van der Waals surface area (Å²) in [5, 5.41) is 0. The van der Waals surface area contributed by atoms with Gasteiger partial charge in [-0.3, -0.25) is 5.73 Å². The van der Waals surface area contributed by atoms with Crippen LogP contribution in [0.3, 0.4) is 0 Å². The van der Waals surface area contributed by atoms with Crippen molar-refractivity contribution >= 4 is 0 Å². The first kappa shape index (κ1) is 12.8. The molecule has 0 aromatic heterocycles. The zero-order valence-corrected chi connectivity index (χ0v) is 10.4. The fraction of sp³-hybridized carbons (Fsp3) is 0.538. The van der Waals surface area contributed by atoms with Crippen LogP contribution >= 0.6 is 0 Å². The van der Waals surface area contributed by atoms with Gasteiger partial charge in [0.05, 0.1) is 5.76 Å². The quantitative estimate of drug-likeness (QED) is 0.566. The Bertz CT molecular complexity index is 329. The molecule has 3 unspecified atom stereocenters. The van der Waals surface area contributed by atoms with E-state index in [2.05, 4.69) is 26.5 Å². The van der Waals surface area contributed by atoms with Crippen LogP contribution in [-0.2, 0) is 4.74 Å². The molecule has 4 N–H and O–H groups in total. The van der Waals surface area contributed by atoms with E-state index < -0.39 is 0 Å². The van der Waals surface area contributed by atoms with Crippen LogP contribution in [-0.4, -0.2) is 6.23 Å². The van der Waals surface area contributed by atoms with Crippen molar-refractivity contribution in [2.24, 2.45) is 23.3 Å². The third kappa shape index (κ3) is 2.89. The lowest BCUT2D eigenvalue weighted by Crippen LogP contribution is -2.25. The second kappa shape index (κ2) is 5.21. The largest absolute Gasteiger partial charge is 0.480 e. The van der Waals surface area contributed by atoms with Crippen molar-refractivity contribution < 1.29 is 4.74 Å². The zero-order valence-electron chi connectivity index (χ0n) is 10.4. The second-order valence-electron chi connectivity index (χ2n) is 4.34. The molecule has 3 nitrogen and oxygen atoms in total. The number of hydrogen-bond donors (Lipinski definition) is 2. The molecule has 90 valence electrons. The van der Waals surface area contributed by atoms with Gasteiger partial charge >= 0.3 is 0 Å². The van der Waals surface area contributed by atoms with Crippen molar-refractivity contribution in [3.8, 4) is 0 Å². The predicted molar refractivity (Wildman–Crippen MR) is 67.2 cm³/mol. The number of hydrogen-bond acceptors (Lipinski definition) is 3. The third-order valence-corrected chi connectivity index (χ3v) is 2.85. The van der Waals surface area contributed by atoms with Gasteiger partial charge in [0, 0.05) is 11.6 Å². The van der Waals surface area contributed by atoms with Crippen molar-refractivity contribution in [1.29, 1.82) is 0 Å². The average Bonchev–Trinajstić information content (AvgIpc) is 2.19. The first-order chi connectivity index (χ1) is 7.45. The fourth-order valence-electron chi connectivity index (χ4n) is 1.99. The summed E-state index contributed by atoms with van der Waals surface area (Å²) < 4.78 is 5.43. The van der Waals surface area contributed by atoms with Crippen LogP contribution in [0.5, 0.6) is 0 Å². The molecule has 0 spiro atoms. The van der Waals surface area contributed by atoms with Gasteiger partial charge in [0.2, 0.25) is 0 Å². The van der Waals surface area contributed by atoms with E-state index in [1.165, 1.54) is 5.57 Å². The molecule has 16 heavy (non-hydrogen) atoms. The Morgan fingerprint density at radius 3 is 2.69 bits per heavy atom. The highest BCUT2D eigenvalue weighted by Gasteiger charge is 2.23. The van der Waals surface area contributed by atoms with Gasteiger partial charge in [-0.15, -0.1) is 0 Å². The fourth-order valence-corrected chi connectivity index (χ4v) is 1.99. The highest BCUT2D eigenvalue weighted by molar-refractivity contribution is 5.35. The van der Waals surface area contributed by atoms with E-state index in [1.807, 2.05) is 6.08 Å². The molecule has 3 atom stereocenters. The van der Waals surface area contributed by atoms with Crippen LogP contribution < -0.4 is 11.5 Å². The second-order valence-corrected chi connectivity index (χ2v) is 4.34. The molecule has 1 rings (SSSR count). The molecule has 0 saturated heterocycles. The first-order valence-electron chi connectivity index (χ1n) is 5.75. The smallest absolute Gasteiger partial charge is 0.144 e. The lowest BCUT2D eigenvalue weighted by atomic mass is 9.84. The average molecular weight is 222 g/mol. The molecule has 0 aliphatic heterocycles. The Balaban J connectivity index is 2.79. The van der Waals surface area contributed by atoms with E-state index in [0.29, 0.717) is 11.7 Å². The summed E-state index contributed by atoms with van der Waals surface area (Å²) in [5.41, 5.74) is 13.6. The molecule has 3 heteroatoms. The summed E-state index contributed by atoms with van der Waals surface area (Å²) in [7, 11) is 0. The molecule has 0 heterocycles. The van der Waals surface area contributed by atoms with Gasteiger partial charge in [-0.1, -0.05) is 26.5 Å². The van der Waals surface area contributed by atoms with Crippen LogP contribution in [0.25, 0.3) is 0 Å². The monoisotopic (exact) mass is 222 g/mol. The Kier molecular flexibility index (Phi) is 4.19. The van der Waals surface area contributed by atoms with Crippen molar-refractivity contribution in [1.82, 2.24) is 0 Å². The van der Waals surface area contributed by atoms with Crippen molar-refractivity contribution in [2.75, 3.05) is 0 Å². The summed E-state index contributed by atoms with van der Waals surface area (Å²) in [6.07, 6.45) is 4.84. The molecule has 1 aliphatic carbocycles. The van der Waals surface area contributed by atoms with E-state index in [1.54, 1.807) is 6.92 Å². The maximum Gasteiger partial charge on any atom is 0.144 e. The van der Waals surface area contributed by atoms with Gasteiger partial charge in [-0.2, -0.15) is 0 Å². The van der Waals surface area contributed by atoms with Crippen LogP contribution in [0, 0.1) is 11.8 Å². The lowest BCUT2D eigenvalue weighted by molar-refractivity contribution is 0.114. The minimum Gasteiger partial charge on any atom is -0.480 e. The highest BCUT2D eigenvalue weighted by Crippen LogP contribution is 2.31. The highest BCUT2D eigenvalue weighted by atomic mass is 16.5. The molecule has 0 aromatic carbocycles. The molecular formula is C13H22N2O. The number of ether oxygens (including phenoxy) is 1. The van der Waals surface area contributed by atoms with Crippen LogP contribution in [0.15, 0.2) is 35.8 Å². The van der Waals surface area contributed by atoms with E-state index in [-0.39, 0.29) is 12.1 Å². The Hall–Kier alpha value is -1.22. The van der Waals surface area contributed by atoms with Crippen molar-refractivity contribution in [3.63, 3.8) is 0 Å². The molecule has 0 aromatic rings. The number of nitrogens with two attached hydrogens (primary N) is 2. The van der Waals surface area contributed by atoms with Crippen molar-refractivity contribution in [3.05, 3.63) is 35.8 Å². The van der Waals surface area contributed by atoms with Gasteiger partial charge < -0.3 is 10.5 Å². The normalized spacial score (nSPS) is 26.8. The van der Waals surface area contributed by atoms with Gasteiger partial charge in [0.1, 0.15) is 6.23 Å². The van der Waals surface area contributed by atoms with E-state index in [0.717, 1.165) is 12.1 Å². The Morgan fingerprint density at radius 1 is 1.56 bits per heavy atom. The van der Waals surface area contributed by atoms with E-state index in [4.69, 9.17) is 16.2 Å². The molecule has 0 saturated carbocycles. The summed E-state index contributed by atoms with van der Waals surface area (Å²) in [5.74, 6) is 1.17. The number of rotatable bonds is 4. The molecule has 0 bridgehead atoms. The topological polar surface area (TPSA) is 61.3 Å². The van der Waals surface area contributed by atoms with Gasteiger partial charge in [0.25, 0.3) is 0 Å². The minimum atomic E-state index is -0.328. The van der Waals surface area contributed by atoms with Gasteiger partial charge in [0.15, 0.2) is 0 Å². The zero-order chi connectivity index (χ0) is 12.3. The molecule has 1 aliphatic rings. The molecule has 0 radical (unpaired) electrons. The Morgan fingerprint density at radius 2 is 2.19 bits per heavy atom. The Labute approximate surface area is 97.8 Å². The summed E-state index contributed by atoms with van der Waals surface area (Å²) in [6, 6.07) is 0.